The number of hydrogen-bond donors (Lipinski definition) is 1. The first-order valence-electron chi connectivity index (χ1n) is 5.22. The average molecular weight is 307 g/mol. The quantitative estimate of drug-likeness (QED) is 0.807. The first kappa shape index (κ1) is 11.9. The minimum absolute atomic E-state index is 0.113. The Hall–Kier alpha value is -0.550. The molecule has 1 N–H and O–H groups in total. The van der Waals surface area contributed by atoms with Gasteiger partial charge in [-0.25, -0.2) is 4.98 Å². The van der Waals surface area contributed by atoms with Gasteiger partial charge in [-0.05, 0) is 28.3 Å². The third kappa shape index (κ3) is 2.25. The first-order chi connectivity index (χ1) is 7.59. The van der Waals surface area contributed by atoms with Crippen molar-refractivity contribution in [2.24, 2.45) is 5.92 Å². The number of aromatic amines is 1. The fraction of sp³-hybridized carbons (Fsp3) is 0.600. The molecule has 2 unspecified atom stereocenters. The van der Waals surface area contributed by atoms with Crippen molar-refractivity contribution < 1.29 is 0 Å². The third-order valence-corrected chi connectivity index (χ3v) is 4.23. The van der Waals surface area contributed by atoms with Crippen molar-refractivity contribution in [3.8, 4) is 0 Å². The molecule has 0 spiro atoms. The molecule has 0 amide bonds. The van der Waals surface area contributed by atoms with E-state index in [9.17, 15) is 4.79 Å². The van der Waals surface area contributed by atoms with Crippen molar-refractivity contribution in [1.82, 2.24) is 9.97 Å². The topological polar surface area (TPSA) is 49.0 Å². The second kappa shape index (κ2) is 4.75. The minimum atomic E-state index is -0.158. The van der Waals surface area contributed by atoms with E-state index < -0.39 is 0 Å². The molecule has 1 aromatic heterocycles. The number of hydrogen-bond acceptors (Lipinski definition) is 3. The van der Waals surface area contributed by atoms with Gasteiger partial charge in [0.05, 0.1) is 11.7 Å². The Kier molecular flexibility index (Phi) is 3.54. The number of nitrogens with one attached hydrogen (secondary N) is 1. The molecule has 2 atom stereocenters. The van der Waals surface area contributed by atoms with Crippen LogP contribution >= 0.6 is 27.5 Å². The van der Waals surface area contributed by atoms with Crippen LogP contribution in [0.2, 0.25) is 0 Å². The predicted octanol–water partition coefficient (Wildman–Crippen LogP) is 1.99. The van der Waals surface area contributed by atoms with Crippen molar-refractivity contribution in [3.05, 3.63) is 21.2 Å². The van der Waals surface area contributed by atoms with Crippen LogP contribution in [-0.2, 0) is 0 Å². The summed E-state index contributed by atoms with van der Waals surface area (Å²) in [6.07, 6.45) is 2.44. The molecule has 2 heterocycles. The largest absolute Gasteiger partial charge is 0.354 e. The summed E-state index contributed by atoms with van der Waals surface area (Å²) in [5.41, 5.74) is -0.158. The SMILES string of the molecule is CC1CCN(c2nc[nH]c(=O)c2Br)CC1Cl. The Morgan fingerprint density at radius 1 is 1.69 bits per heavy atom. The van der Waals surface area contributed by atoms with Crippen LogP contribution < -0.4 is 10.5 Å². The van der Waals surface area contributed by atoms with Crippen molar-refractivity contribution in [1.29, 1.82) is 0 Å². The molecule has 2 rings (SSSR count). The molecule has 1 aliphatic rings. The van der Waals surface area contributed by atoms with Gasteiger partial charge in [0.15, 0.2) is 0 Å². The summed E-state index contributed by atoms with van der Waals surface area (Å²) in [6, 6.07) is 0. The van der Waals surface area contributed by atoms with E-state index in [-0.39, 0.29) is 10.9 Å². The van der Waals surface area contributed by atoms with E-state index in [2.05, 4.69) is 37.7 Å². The number of alkyl halides is 1. The molecule has 1 saturated heterocycles. The Bertz CT molecular complexity index is 436. The standard InChI is InChI=1S/C10H13BrClN3O/c1-6-2-3-15(4-7(6)12)9-8(11)10(16)14-5-13-9/h5-7H,2-4H2,1H3,(H,13,14,16). The maximum Gasteiger partial charge on any atom is 0.267 e. The maximum absolute atomic E-state index is 11.4. The van der Waals surface area contributed by atoms with Gasteiger partial charge in [-0.3, -0.25) is 4.79 Å². The number of halogens is 2. The van der Waals surface area contributed by atoms with Gasteiger partial charge in [0.25, 0.3) is 5.56 Å². The van der Waals surface area contributed by atoms with Crippen LogP contribution in [0.1, 0.15) is 13.3 Å². The van der Waals surface area contributed by atoms with Gasteiger partial charge >= 0.3 is 0 Å². The molecule has 6 heteroatoms. The lowest BCUT2D eigenvalue weighted by Gasteiger charge is -2.34. The van der Waals surface area contributed by atoms with E-state index in [0.717, 1.165) is 19.5 Å². The van der Waals surface area contributed by atoms with Gasteiger partial charge in [-0.2, -0.15) is 0 Å². The fourth-order valence-electron chi connectivity index (χ4n) is 1.81. The normalized spacial score (nSPS) is 25.8. The Morgan fingerprint density at radius 2 is 2.44 bits per heavy atom. The molecule has 0 aromatic carbocycles. The van der Waals surface area contributed by atoms with Gasteiger partial charge in [0.2, 0.25) is 0 Å². The molecular weight excluding hydrogens is 293 g/mol. The number of anilines is 1. The van der Waals surface area contributed by atoms with E-state index in [1.165, 1.54) is 6.33 Å². The minimum Gasteiger partial charge on any atom is -0.354 e. The van der Waals surface area contributed by atoms with Crippen LogP contribution in [-0.4, -0.2) is 28.4 Å². The highest BCUT2D eigenvalue weighted by Crippen LogP contribution is 2.27. The maximum atomic E-state index is 11.4. The summed E-state index contributed by atoms with van der Waals surface area (Å²) in [7, 11) is 0. The molecule has 1 aromatic rings. The van der Waals surface area contributed by atoms with Gasteiger partial charge in [-0.15, -0.1) is 11.6 Å². The molecule has 0 radical (unpaired) electrons. The van der Waals surface area contributed by atoms with Crippen molar-refractivity contribution >= 4 is 33.3 Å². The molecule has 0 saturated carbocycles. The van der Waals surface area contributed by atoms with Crippen molar-refractivity contribution in [3.63, 3.8) is 0 Å². The zero-order valence-corrected chi connectivity index (χ0v) is 11.3. The van der Waals surface area contributed by atoms with Crippen LogP contribution in [0, 0.1) is 5.92 Å². The monoisotopic (exact) mass is 305 g/mol. The fourth-order valence-corrected chi connectivity index (χ4v) is 2.57. The van der Waals surface area contributed by atoms with Gasteiger partial charge in [-0.1, -0.05) is 6.92 Å². The lowest BCUT2D eigenvalue weighted by molar-refractivity contribution is 0.443. The lowest BCUT2D eigenvalue weighted by atomic mass is 9.99. The molecule has 0 bridgehead atoms. The molecule has 0 aliphatic carbocycles. The smallest absolute Gasteiger partial charge is 0.267 e. The van der Waals surface area contributed by atoms with E-state index in [1.54, 1.807) is 0 Å². The van der Waals surface area contributed by atoms with Crippen LogP contribution in [0.25, 0.3) is 0 Å². The van der Waals surface area contributed by atoms with Crippen molar-refractivity contribution in [2.45, 2.75) is 18.7 Å². The van der Waals surface area contributed by atoms with Crippen LogP contribution in [0.5, 0.6) is 0 Å². The molecule has 1 aliphatic heterocycles. The molecule has 1 fully saturated rings. The average Bonchev–Trinajstić information content (AvgIpc) is 2.26. The number of H-pyrrole nitrogens is 1. The van der Waals surface area contributed by atoms with E-state index in [1.807, 2.05) is 0 Å². The summed E-state index contributed by atoms with van der Waals surface area (Å²) in [6.45, 7) is 3.77. The Labute approximate surface area is 107 Å². The number of aromatic nitrogens is 2. The van der Waals surface area contributed by atoms with Crippen molar-refractivity contribution in [2.75, 3.05) is 18.0 Å². The molecule has 4 nitrogen and oxygen atoms in total. The van der Waals surface area contributed by atoms with Gasteiger partial charge < -0.3 is 9.88 Å². The van der Waals surface area contributed by atoms with Crippen LogP contribution in [0.15, 0.2) is 15.6 Å². The van der Waals surface area contributed by atoms with Crippen LogP contribution in [0.3, 0.4) is 0 Å². The Balaban J connectivity index is 2.25. The van der Waals surface area contributed by atoms with Gasteiger partial charge in [0.1, 0.15) is 10.3 Å². The van der Waals surface area contributed by atoms with Gasteiger partial charge in [0, 0.05) is 13.1 Å². The lowest BCUT2D eigenvalue weighted by Crippen LogP contribution is -2.41. The summed E-state index contributed by atoms with van der Waals surface area (Å²) in [5.74, 6) is 1.19. The number of rotatable bonds is 1. The zero-order valence-electron chi connectivity index (χ0n) is 8.91. The number of nitrogens with zero attached hydrogens (tertiary/aromatic N) is 2. The summed E-state index contributed by atoms with van der Waals surface area (Å²) < 4.78 is 0.480. The molecule has 16 heavy (non-hydrogen) atoms. The second-order valence-corrected chi connectivity index (χ2v) is 5.45. The van der Waals surface area contributed by atoms with E-state index in [4.69, 9.17) is 11.6 Å². The summed E-state index contributed by atoms with van der Waals surface area (Å²) >= 11 is 9.49. The predicted molar refractivity (Wildman–Crippen MR) is 68.2 cm³/mol. The van der Waals surface area contributed by atoms with E-state index >= 15 is 0 Å². The summed E-state index contributed by atoms with van der Waals surface area (Å²) in [5, 5.41) is 0.113. The Morgan fingerprint density at radius 3 is 3.12 bits per heavy atom. The zero-order chi connectivity index (χ0) is 11.7. The third-order valence-electron chi connectivity index (χ3n) is 2.94. The molecule has 88 valence electrons. The number of piperidine rings is 1. The highest BCUT2D eigenvalue weighted by atomic mass is 79.9. The highest BCUT2D eigenvalue weighted by molar-refractivity contribution is 9.10. The summed E-state index contributed by atoms with van der Waals surface area (Å²) in [4.78, 5) is 20.2. The highest BCUT2D eigenvalue weighted by Gasteiger charge is 2.26. The van der Waals surface area contributed by atoms with Crippen LogP contribution in [0.4, 0.5) is 5.82 Å². The van der Waals surface area contributed by atoms with E-state index in [0.29, 0.717) is 16.2 Å². The molecular formula is C10H13BrClN3O. The second-order valence-electron chi connectivity index (χ2n) is 4.10. The first-order valence-corrected chi connectivity index (χ1v) is 6.44.